The van der Waals surface area contributed by atoms with Crippen LogP contribution in [0.4, 0.5) is 5.69 Å². The van der Waals surface area contributed by atoms with Crippen molar-refractivity contribution in [3.05, 3.63) is 47.0 Å². The largest absolute Gasteiger partial charge is 0.497 e. The fourth-order valence-corrected chi connectivity index (χ4v) is 2.19. The molecule has 0 radical (unpaired) electrons. The van der Waals surface area contributed by atoms with Gasteiger partial charge in [0, 0.05) is 28.9 Å². The number of nitrogens with one attached hydrogen (secondary N) is 1. The van der Waals surface area contributed by atoms with Crippen LogP contribution in [0.15, 0.2) is 36.4 Å². The highest BCUT2D eigenvalue weighted by Crippen LogP contribution is 2.26. The van der Waals surface area contributed by atoms with Gasteiger partial charge in [-0.05, 0) is 37.6 Å². The first-order valence-corrected chi connectivity index (χ1v) is 7.77. The number of ether oxygens (including phenoxy) is 3. The van der Waals surface area contributed by atoms with Crippen molar-refractivity contribution in [2.75, 3.05) is 19.5 Å². The molecule has 1 amide bonds. The zero-order valence-corrected chi connectivity index (χ0v) is 14.8. The number of halogens is 1. The second kappa shape index (κ2) is 7.93. The Morgan fingerprint density at radius 2 is 1.67 bits per heavy atom. The summed E-state index contributed by atoms with van der Waals surface area (Å²) in [5.74, 6) is 1.48. The number of hydrogen-bond acceptors (Lipinski definition) is 4. The monoisotopic (exact) mass is 349 g/mol. The molecule has 2 rings (SSSR count). The molecular weight excluding hydrogens is 330 g/mol. The average molecular weight is 350 g/mol. The van der Waals surface area contributed by atoms with E-state index in [0.717, 1.165) is 5.56 Å². The molecule has 0 unspecified atom stereocenters. The minimum atomic E-state index is -0.678. The van der Waals surface area contributed by atoms with Gasteiger partial charge in [-0.25, -0.2) is 0 Å². The molecule has 0 bridgehead atoms. The van der Waals surface area contributed by atoms with E-state index in [1.165, 1.54) is 0 Å². The van der Waals surface area contributed by atoms with Crippen molar-refractivity contribution in [3.63, 3.8) is 0 Å². The van der Waals surface area contributed by atoms with Crippen molar-refractivity contribution in [1.82, 2.24) is 0 Å². The number of hydrogen-bond donors (Lipinski definition) is 1. The molecule has 0 fully saturated rings. The second-order valence-corrected chi connectivity index (χ2v) is 5.67. The number of aryl methyl sites for hydroxylation is 1. The lowest BCUT2D eigenvalue weighted by Gasteiger charge is -2.16. The minimum Gasteiger partial charge on any atom is -0.497 e. The van der Waals surface area contributed by atoms with Gasteiger partial charge >= 0.3 is 0 Å². The standard InChI is InChI=1S/C18H20ClNO4/c1-11-7-14(5-6-17(11)19)24-12(2)18(21)20-13-8-15(22-3)10-16(9-13)23-4/h5-10,12H,1-4H3,(H,20,21)/t12-/m1/s1. The maximum atomic E-state index is 12.3. The van der Waals surface area contributed by atoms with Crippen LogP contribution in [0.5, 0.6) is 17.2 Å². The Balaban J connectivity index is 2.07. The molecule has 2 aromatic rings. The number of carbonyl (C=O) groups excluding carboxylic acids is 1. The summed E-state index contributed by atoms with van der Waals surface area (Å²) < 4.78 is 16.0. The van der Waals surface area contributed by atoms with Crippen molar-refractivity contribution >= 4 is 23.2 Å². The van der Waals surface area contributed by atoms with Crippen molar-refractivity contribution in [1.29, 1.82) is 0 Å². The Kier molecular flexibility index (Phi) is 5.93. The lowest BCUT2D eigenvalue weighted by molar-refractivity contribution is -0.122. The summed E-state index contributed by atoms with van der Waals surface area (Å²) in [7, 11) is 3.10. The molecule has 128 valence electrons. The highest BCUT2D eigenvalue weighted by Gasteiger charge is 2.16. The van der Waals surface area contributed by atoms with E-state index in [-0.39, 0.29) is 5.91 Å². The van der Waals surface area contributed by atoms with Crippen LogP contribution in [-0.2, 0) is 4.79 Å². The zero-order valence-electron chi connectivity index (χ0n) is 14.1. The van der Waals surface area contributed by atoms with E-state index in [0.29, 0.717) is 28.0 Å². The molecule has 0 heterocycles. The Hall–Kier alpha value is -2.40. The van der Waals surface area contributed by atoms with E-state index in [2.05, 4.69) is 5.32 Å². The summed E-state index contributed by atoms with van der Waals surface area (Å²) >= 11 is 5.99. The minimum absolute atomic E-state index is 0.280. The maximum Gasteiger partial charge on any atom is 0.265 e. The van der Waals surface area contributed by atoms with E-state index in [9.17, 15) is 4.79 Å². The van der Waals surface area contributed by atoms with Gasteiger partial charge in [-0.15, -0.1) is 0 Å². The van der Waals surface area contributed by atoms with Gasteiger partial charge in [0.15, 0.2) is 6.10 Å². The van der Waals surface area contributed by atoms with Gasteiger partial charge in [-0.2, -0.15) is 0 Å². The van der Waals surface area contributed by atoms with Gasteiger partial charge < -0.3 is 19.5 Å². The van der Waals surface area contributed by atoms with Crippen LogP contribution in [0.2, 0.25) is 5.02 Å². The first-order valence-electron chi connectivity index (χ1n) is 7.39. The normalized spacial score (nSPS) is 11.5. The highest BCUT2D eigenvalue weighted by atomic mass is 35.5. The van der Waals surface area contributed by atoms with Crippen LogP contribution in [-0.4, -0.2) is 26.2 Å². The molecule has 0 aliphatic rings. The quantitative estimate of drug-likeness (QED) is 0.854. The van der Waals surface area contributed by atoms with Crippen molar-refractivity contribution < 1.29 is 19.0 Å². The lowest BCUT2D eigenvalue weighted by atomic mass is 10.2. The smallest absolute Gasteiger partial charge is 0.265 e. The lowest BCUT2D eigenvalue weighted by Crippen LogP contribution is -2.30. The highest BCUT2D eigenvalue weighted by molar-refractivity contribution is 6.31. The van der Waals surface area contributed by atoms with Crippen molar-refractivity contribution in [3.8, 4) is 17.2 Å². The number of anilines is 1. The van der Waals surface area contributed by atoms with Crippen molar-refractivity contribution in [2.45, 2.75) is 20.0 Å². The third-order valence-corrected chi connectivity index (χ3v) is 3.85. The van der Waals surface area contributed by atoms with E-state index in [1.54, 1.807) is 57.5 Å². The topological polar surface area (TPSA) is 56.8 Å². The van der Waals surface area contributed by atoms with Gasteiger partial charge in [-0.1, -0.05) is 11.6 Å². The molecule has 24 heavy (non-hydrogen) atoms. The summed E-state index contributed by atoms with van der Waals surface area (Å²) in [4.78, 5) is 12.3. The molecule has 6 heteroatoms. The van der Waals surface area contributed by atoms with Crippen LogP contribution in [0.25, 0.3) is 0 Å². The summed E-state index contributed by atoms with van der Waals surface area (Å²) in [6, 6.07) is 10.4. The van der Waals surface area contributed by atoms with Crippen LogP contribution in [0.1, 0.15) is 12.5 Å². The molecule has 0 saturated carbocycles. The third-order valence-electron chi connectivity index (χ3n) is 3.43. The molecule has 0 saturated heterocycles. The molecule has 0 aromatic heterocycles. The van der Waals surface area contributed by atoms with Crippen LogP contribution in [0, 0.1) is 6.92 Å². The van der Waals surface area contributed by atoms with Crippen LogP contribution in [0.3, 0.4) is 0 Å². The predicted molar refractivity (Wildman–Crippen MR) is 94.5 cm³/mol. The van der Waals surface area contributed by atoms with Gasteiger partial charge in [0.25, 0.3) is 5.91 Å². The van der Waals surface area contributed by atoms with Gasteiger partial charge in [0.05, 0.1) is 14.2 Å². The van der Waals surface area contributed by atoms with E-state index < -0.39 is 6.10 Å². The Morgan fingerprint density at radius 3 is 2.21 bits per heavy atom. The number of carbonyl (C=O) groups is 1. The van der Waals surface area contributed by atoms with Crippen molar-refractivity contribution in [2.24, 2.45) is 0 Å². The molecule has 5 nitrogen and oxygen atoms in total. The second-order valence-electron chi connectivity index (χ2n) is 5.26. The SMILES string of the molecule is COc1cc(NC(=O)[C@@H](C)Oc2ccc(Cl)c(C)c2)cc(OC)c1. The fraction of sp³-hybridized carbons (Fsp3) is 0.278. The number of benzene rings is 2. The first-order chi connectivity index (χ1) is 11.4. The summed E-state index contributed by atoms with van der Waals surface area (Å²) in [5, 5.41) is 3.44. The Labute approximate surface area is 146 Å². The molecule has 2 aromatic carbocycles. The number of amides is 1. The molecule has 0 aliphatic carbocycles. The Bertz CT molecular complexity index is 711. The number of methoxy groups -OCH3 is 2. The third kappa shape index (κ3) is 4.55. The first kappa shape index (κ1) is 17.9. The molecular formula is C18H20ClNO4. The Morgan fingerprint density at radius 1 is 1.04 bits per heavy atom. The zero-order chi connectivity index (χ0) is 17.7. The van der Waals surface area contributed by atoms with E-state index >= 15 is 0 Å². The predicted octanol–water partition coefficient (Wildman–Crippen LogP) is 4.07. The maximum absolute atomic E-state index is 12.3. The number of rotatable bonds is 6. The molecule has 1 N–H and O–H groups in total. The average Bonchev–Trinajstić information content (AvgIpc) is 2.57. The van der Waals surface area contributed by atoms with Gasteiger partial charge in [-0.3, -0.25) is 4.79 Å². The van der Waals surface area contributed by atoms with E-state index in [1.807, 2.05) is 6.92 Å². The van der Waals surface area contributed by atoms with E-state index in [4.69, 9.17) is 25.8 Å². The van der Waals surface area contributed by atoms with Gasteiger partial charge in [0.2, 0.25) is 0 Å². The fourth-order valence-electron chi connectivity index (χ4n) is 2.07. The molecule has 0 aliphatic heterocycles. The summed E-state index contributed by atoms with van der Waals surface area (Å²) in [5.41, 5.74) is 1.46. The van der Waals surface area contributed by atoms with Gasteiger partial charge in [0.1, 0.15) is 17.2 Å². The van der Waals surface area contributed by atoms with Crippen LogP contribution >= 0.6 is 11.6 Å². The summed E-state index contributed by atoms with van der Waals surface area (Å²) in [6.07, 6.45) is -0.678. The molecule has 1 atom stereocenters. The molecule has 0 spiro atoms. The summed E-state index contributed by atoms with van der Waals surface area (Å²) in [6.45, 7) is 3.55. The van der Waals surface area contributed by atoms with Crippen LogP contribution < -0.4 is 19.5 Å².